The first-order valence-electron chi connectivity index (χ1n) is 3.79. The van der Waals surface area contributed by atoms with Gasteiger partial charge in [0.05, 0.1) is 12.0 Å². The van der Waals surface area contributed by atoms with Crippen LogP contribution in [0.3, 0.4) is 0 Å². The minimum absolute atomic E-state index is 0.0517. The standard InChI is InChI=1S/C8H6N2O4S/c1-14-8(11)4-2-3-6-9-5-7(15-6)10(12)13/h5H,4H2,1H3. The van der Waals surface area contributed by atoms with Crippen LogP contribution in [-0.2, 0) is 9.53 Å². The van der Waals surface area contributed by atoms with Crippen molar-refractivity contribution < 1.29 is 14.5 Å². The Bertz CT molecular complexity index is 443. The summed E-state index contributed by atoms with van der Waals surface area (Å²) in [4.78, 5) is 24.1. The number of hydrogen-bond acceptors (Lipinski definition) is 6. The summed E-state index contributed by atoms with van der Waals surface area (Å²) >= 11 is 0.864. The number of nitro groups is 1. The summed E-state index contributed by atoms with van der Waals surface area (Å²) in [5.41, 5.74) is 0. The average molecular weight is 226 g/mol. The Morgan fingerprint density at radius 2 is 2.53 bits per heavy atom. The van der Waals surface area contributed by atoms with Gasteiger partial charge in [0.25, 0.3) is 0 Å². The zero-order chi connectivity index (χ0) is 11.3. The van der Waals surface area contributed by atoms with Gasteiger partial charge in [-0.25, -0.2) is 4.98 Å². The Morgan fingerprint density at radius 3 is 3.07 bits per heavy atom. The van der Waals surface area contributed by atoms with Crippen molar-refractivity contribution in [2.24, 2.45) is 0 Å². The monoisotopic (exact) mass is 226 g/mol. The Kier molecular flexibility index (Phi) is 3.76. The molecule has 6 nitrogen and oxygen atoms in total. The number of nitrogens with zero attached hydrogens (tertiary/aromatic N) is 2. The fraction of sp³-hybridized carbons (Fsp3) is 0.250. The van der Waals surface area contributed by atoms with Crippen molar-refractivity contribution in [1.82, 2.24) is 4.98 Å². The maximum atomic E-state index is 10.7. The van der Waals surface area contributed by atoms with E-state index in [1.165, 1.54) is 7.11 Å². The van der Waals surface area contributed by atoms with Crippen LogP contribution in [0.1, 0.15) is 11.4 Å². The van der Waals surface area contributed by atoms with Gasteiger partial charge in [-0.3, -0.25) is 14.9 Å². The first kappa shape index (κ1) is 11.1. The van der Waals surface area contributed by atoms with Gasteiger partial charge in [0.2, 0.25) is 0 Å². The lowest BCUT2D eigenvalue weighted by Gasteiger charge is -1.88. The number of ether oxygens (including phenoxy) is 1. The number of aromatic nitrogens is 1. The second kappa shape index (κ2) is 5.07. The van der Waals surface area contributed by atoms with Gasteiger partial charge >= 0.3 is 11.0 Å². The molecule has 0 fully saturated rings. The van der Waals surface area contributed by atoms with Crippen molar-refractivity contribution in [3.63, 3.8) is 0 Å². The lowest BCUT2D eigenvalue weighted by molar-refractivity contribution is -0.380. The molecule has 1 aromatic heterocycles. The van der Waals surface area contributed by atoms with Crippen molar-refractivity contribution in [2.45, 2.75) is 6.42 Å². The molecule has 0 bridgehead atoms. The molecule has 0 spiro atoms. The SMILES string of the molecule is COC(=O)CC#Cc1ncc([N+](=O)[O-])s1. The highest BCUT2D eigenvalue weighted by Gasteiger charge is 2.09. The van der Waals surface area contributed by atoms with Gasteiger partial charge in [-0.15, -0.1) is 0 Å². The third-order valence-electron chi connectivity index (χ3n) is 1.33. The molecule has 0 unspecified atom stereocenters. The second-order valence-electron chi connectivity index (χ2n) is 2.32. The number of hydrogen-bond donors (Lipinski definition) is 0. The third kappa shape index (κ3) is 3.36. The van der Waals surface area contributed by atoms with Crippen LogP contribution >= 0.6 is 11.3 Å². The third-order valence-corrected chi connectivity index (χ3v) is 2.19. The van der Waals surface area contributed by atoms with E-state index in [1.54, 1.807) is 0 Å². The largest absolute Gasteiger partial charge is 0.468 e. The zero-order valence-electron chi connectivity index (χ0n) is 7.72. The van der Waals surface area contributed by atoms with E-state index >= 15 is 0 Å². The molecule has 0 saturated heterocycles. The highest BCUT2D eigenvalue weighted by Crippen LogP contribution is 2.19. The summed E-state index contributed by atoms with van der Waals surface area (Å²) < 4.78 is 4.36. The van der Waals surface area contributed by atoms with Crippen molar-refractivity contribution in [1.29, 1.82) is 0 Å². The summed E-state index contributed by atoms with van der Waals surface area (Å²) in [6, 6.07) is 0. The zero-order valence-corrected chi connectivity index (χ0v) is 8.54. The van der Waals surface area contributed by atoms with Crippen LogP contribution in [0.25, 0.3) is 0 Å². The molecule has 0 radical (unpaired) electrons. The molecule has 0 amide bonds. The fourth-order valence-corrected chi connectivity index (χ4v) is 1.28. The molecular formula is C8H6N2O4S. The normalized spacial score (nSPS) is 8.87. The van der Waals surface area contributed by atoms with Gasteiger partial charge in [0.1, 0.15) is 12.6 Å². The first-order valence-corrected chi connectivity index (χ1v) is 4.61. The van der Waals surface area contributed by atoms with E-state index in [0.717, 1.165) is 17.5 Å². The van der Waals surface area contributed by atoms with E-state index in [9.17, 15) is 14.9 Å². The van der Waals surface area contributed by atoms with Crippen molar-refractivity contribution in [2.75, 3.05) is 7.11 Å². The Balaban J connectivity index is 2.64. The quantitative estimate of drug-likeness (QED) is 0.324. The van der Waals surface area contributed by atoms with Crippen LogP contribution in [0.2, 0.25) is 0 Å². The van der Waals surface area contributed by atoms with Crippen molar-refractivity contribution in [3.8, 4) is 11.8 Å². The van der Waals surface area contributed by atoms with Crippen LogP contribution in [0.15, 0.2) is 6.20 Å². The van der Waals surface area contributed by atoms with E-state index < -0.39 is 10.9 Å². The number of carbonyl (C=O) groups is 1. The summed E-state index contributed by atoms with van der Waals surface area (Å²) in [6.07, 6.45) is 1.08. The molecule has 78 valence electrons. The molecule has 15 heavy (non-hydrogen) atoms. The lowest BCUT2D eigenvalue weighted by atomic mass is 10.4. The molecule has 0 N–H and O–H groups in total. The van der Waals surface area contributed by atoms with E-state index in [0.29, 0.717) is 5.01 Å². The van der Waals surface area contributed by atoms with E-state index in [2.05, 4.69) is 21.6 Å². The van der Waals surface area contributed by atoms with Gasteiger partial charge in [0.15, 0.2) is 5.01 Å². The summed E-state index contributed by atoms with van der Waals surface area (Å²) in [6.45, 7) is 0. The highest BCUT2D eigenvalue weighted by molar-refractivity contribution is 7.15. The van der Waals surface area contributed by atoms with Gasteiger partial charge in [-0.1, -0.05) is 5.92 Å². The molecule has 1 rings (SSSR count). The number of carbonyl (C=O) groups excluding carboxylic acids is 1. The highest BCUT2D eigenvalue weighted by atomic mass is 32.1. The summed E-state index contributed by atoms with van der Waals surface area (Å²) in [7, 11) is 1.26. The Morgan fingerprint density at radius 1 is 1.80 bits per heavy atom. The van der Waals surface area contributed by atoms with Gasteiger partial charge in [-0.05, 0) is 17.3 Å². The topological polar surface area (TPSA) is 82.3 Å². The molecular weight excluding hydrogens is 220 g/mol. The molecule has 0 saturated carbocycles. The molecule has 0 aliphatic rings. The Hall–Kier alpha value is -1.94. The number of rotatable bonds is 2. The maximum absolute atomic E-state index is 10.7. The second-order valence-corrected chi connectivity index (χ2v) is 3.32. The molecule has 1 heterocycles. The molecule has 0 aliphatic heterocycles. The molecule has 1 aromatic rings. The van der Waals surface area contributed by atoms with Gasteiger partial charge in [-0.2, -0.15) is 0 Å². The van der Waals surface area contributed by atoms with E-state index in [1.807, 2.05) is 0 Å². The van der Waals surface area contributed by atoms with Gasteiger partial charge in [0, 0.05) is 0 Å². The molecule has 0 atom stereocenters. The number of thiazole rings is 1. The Labute approximate surface area is 89.0 Å². The van der Waals surface area contributed by atoms with Crippen molar-refractivity contribution in [3.05, 3.63) is 21.3 Å². The molecule has 0 aromatic carbocycles. The van der Waals surface area contributed by atoms with Crippen LogP contribution < -0.4 is 0 Å². The van der Waals surface area contributed by atoms with Gasteiger partial charge < -0.3 is 4.74 Å². The van der Waals surface area contributed by atoms with Crippen molar-refractivity contribution >= 4 is 22.3 Å². The lowest BCUT2D eigenvalue weighted by Crippen LogP contribution is -1.96. The fourth-order valence-electron chi connectivity index (χ4n) is 0.672. The van der Waals surface area contributed by atoms with Crippen LogP contribution in [0.4, 0.5) is 5.00 Å². The van der Waals surface area contributed by atoms with E-state index in [4.69, 9.17) is 0 Å². The summed E-state index contributed by atoms with van der Waals surface area (Å²) in [5, 5.41) is 10.5. The minimum atomic E-state index is -0.539. The van der Waals surface area contributed by atoms with Crippen LogP contribution in [0.5, 0.6) is 0 Å². The minimum Gasteiger partial charge on any atom is -0.468 e. The number of esters is 1. The summed E-state index contributed by atoms with van der Waals surface area (Å²) in [5.74, 6) is 4.59. The molecule has 7 heteroatoms. The number of methoxy groups -OCH3 is 1. The van der Waals surface area contributed by atoms with Crippen LogP contribution in [-0.4, -0.2) is 23.0 Å². The first-order chi connectivity index (χ1) is 7.13. The smallest absolute Gasteiger partial charge is 0.344 e. The molecule has 0 aliphatic carbocycles. The van der Waals surface area contributed by atoms with E-state index in [-0.39, 0.29) is 11.4 Å². The predicted molar refractivity (Wildman–Crippen MR) is 52.3 cm³/mol. The predicted octanol–water partition coefficient (Wildman–Crippen LogP) is 0.966. The van der Waals surface area contributed by atoms with Crippen LogP contribution in [0, 0.1) is 22.0 Å². The average Bonchev–Trinajstić information content (AvgIpc) is 2.66. The maximum Gasteiger partial charge on any atom is 0.344 e.